The minimum Gasteiger partial charge on any atom is -0.504 e. The highest BCUT2D eigenvalue weighted by molar-refractivity contribution is 7.18. The number of thiophene rings is 2. The Balaban J connectivity index is 1.00. The van der Waals surface area contributed by atoms with Crippen molar-refractivity contribution in [2.75, 3.05) is 116 Å². The van der Waals surface area contributed by atoms with E-state index in [2.05, 4.69) is 20.6 Å². The topological polar surface area (TPSA) is 218 Å². The van der Waals surface area contributed by atoms with Crippen molar-refractivity contribution in [1.82, 2.24) is 30.0 Å². The summed E-state index contributed by atoms with van der Waals surface area (Å²) in [4.78, 5) is 32.0. The fourth-order valence-corrected chi connectivity index (χ4v) is 7.74. The van der Waals surface area contributed by atoms with E-state index in [1.165, 1.54) is 22.7 Å². The molecule has 4 aromatic heterocycles. The predicted molar refractivity (Wildman–Crippen MR) is 214 cm³/mol. The summed E-state index contributed by atoms with van der Waals surface area (Å²) in [5.41, 5.74) is 1.43. The van der Waals surface area contributed by atoms with E-state index in [1.807, 2.05) is 36.0 Å². The molecule has 0 aliphatic heterocycles. The van der Waals surface area contributed by atoms with Crippen LogP contribution in [-0.2, 0) is 64.3 Å². The fraction of sp³-hybridized carbons (Fsp3) is 0.568. The summed E-state index contributed by atoms with van der Waals surface area (Å²) < 4.78 is 36.3. The van der Waals surface area contributed by atoms with Gasteiger partial charge in [-0.05, 0) is 24.3 Å². The molecule has 0 bridgehead atoms. The van der Waals surface area contributed by atoms with Crippen molar-refractivity contribution >= 4 is 49.8 Å². The van der Waals surface area contributed by atoms with Crippen LogP contribution in [0.1, 0.15) is 27.1 Å². The van der Waals surface area contributed by atoms with Gasteiger partial charge in [-0.25, -0.2) is 9.36 Å². The number of likely N-dealkylation sites (N-methyl/N-ethyl adjacent to an activating group) is 2. The van der Waals surface area contributed by atoms with Gasteiger partial charge in [0.2, 0.25) is 5.78 Å². The van der Waals surface area contributed by atoms with Crippen molar-refractivity contribution in [2.45, 2.75) is 32.2 Å². The summed E-state index contributed by atoms with van der Waals surface area (Å²) >= 11 is 2.66. The zero-order valence-electron chi connectivity index (χ0n) is 32.8. The van der Waals surface area contributed by atoms with Gasteiger partial charge in [-0.15, -0.1) is 32.9 Å². The number of carbonyl (C=O) groups is 2. The van der Waals surface area contributed by atoms with Crippen LogP contribution in [0.15, 0.2) is 42.4 Å². The number of aromatic nitrogens is 6. The van der Waals surface area contributed by atoms with Gasteiger partial charge in [0.25, 0.3) is 0 Å². The van der Waals surface area contributed by atoms with Crippen molar-refractivity contribution in [3.05, 3.63) is 63.6 Å². The molecular weight excluding hydrogens is 797 g/mol. The second-order valence-electron chi connectivity index (χ2n) is 13.0. The highest BCUT2D eigenvalue weighted by atomic mass is 32.1. The van der Waals surface area contributed by atoms with Gasteiger partial charge in [-0.1, -0.05) is 10.4 Å². The van der Waals surface area contributed by atoms with E-state index in [9.17, 15) is 14.7 Å². The molecule has 19 nitrogen and oxygen atoms in total. The summed E-state index contributed by atoms with van der Waals surface area (Å²) in [6.45, 7) is 6.79. The van der Waals surface area contributed by atoms with Crippen LogP contribution in [0.2, 0.25) is 0 Å². The summed E-state index contributed by atoms with van der Waals surface area (Å²) in [5, 5.41) is 46.5. The number of aliphatic hydroxyl groups is 3. The number of rotatable bonds is 30. The Bertz CT molecular complexity index is 1880. The lowest BCUT2D eigenvalue weighted by atomic mass is 10.0. The standard InChI is InChI=1S/C37H52N8O11S2/c1-42(7-13-55-25-27-23-44(40-38-27)9-15-51-19-21-53-17-11-46)31-5-3-29(57-31)33-35(48)34(37(50)36(33)49)30-4-6-32(58-30)43(2)8-14-56-26-28-24-45(41-39-28)10-16-52-20-22-54-18-12-47/h3-6,23-24,33,46-47,50H,7-22,25-26H2,1-2H3. The van der Waals surface area contributed by atoms with Crippen LogP contribution >= 0.6 is 22.7 Å². The van der Waals surface area contributed by atoms with E-state index in [0.717, 1.165) is 10.0 Å². The Labute approximate surface area is 344 Å². The first-order chi connectivity index (χ1) is 28.3. The van der Waals surface area contributed by atoms with Crippen LogP contribution in [0.3, 0.4) is 0 Å². The Kier molecular flexibility index (Phi) is 18.6. The molecule has 0 spiro atoms. The maximum Gasteiger partial charge on any atom is 0.213 e. The average molecular weight is 849 g/mol. The first-order valence-corrected chi connectivity index (χ1v) is 20.5. The van der Waals surface area contributed by atoms with Crippen molar-refractivity contribution in [3.8, 4) is 0 Å². The average Bonchev–Trinajstić information content (AvgIpc) is 4.08. The summed E-state index contributed by atoms with van der Waals surface area (Å²) in [6.07, 6.45) is 3.61. The maximum atomic E-state index is 13.7. The van der Waals surface area contributed by atoms with E-state index in [0.29, 0.717) is 127 Å². The van der Waals surface area contributed by atoms with Crippen LogP contribution < -0.4 is 9.80 Å². The molecule has 3 N–H and O–H groups in total. The van der Waals surface area contributed by atoms with Crippen LogP contribution in [-0.4, -0.2) is 163 Å². The fourth-order valence-electron chi connectivity index (χ4n) is 5.60. The lowest BCUT2D eigenvalue weighted by Crippen LogP contribution is -2.21. The third-order valence-electron chi connectivity index (χ3n) is 8.69. The highest BCUT2D eigenvalue weighted by Gasteiger charge is 2.44. The Morgan fingerprint density at radius 2 is 1.14 bits per heavy atom. The number of carbonyl (C=O) groups excluding carboxylic acids is 2. The normalized spacial score (nSPS) is 14.4. The van der Waals surface area contributed by atoms with Crippen LogP contribution in [0.5, 0.6) is 0 Å². The first kappa shape index (κ1) is 44.9. The van der Waals surface area contributed by atoms with E-state index in [-0.39, 0.29) is 18.8 Å². The minimum atomic E-state index is -1.09. The number of hydrogen-bond acceptors (Lipinski definition) is 19. The molecular formula is C37H52N8O11S2. The molecule has 0 fully saturated rings. The lowest BCUT2D eigenvalue weighted by molar-refractivity contribution is -0.123. The van der Waals surface area contributed by atoms with E-state index in [4.69, 9.17) is 38.6 Å². The molecule has 4 aromatic rings. The molecule has 0 saturated carbocycles. The zero-order chi connectivity index (χ0) is 41.1. The van der Waals surface area contributed by atoms with Gasteiger partial charge in [-0.2, -0.15) is 0 Å². The number of nitrogens with zero attached hydrogens (tertiary/aromatic N) is 8. The summed E-state index contributed by atoms with van der Waals surface area (Å²) in [6, 6.07) is 7.24. The molecule has 1 aliphatic rings. The molecule has 58 heavy (non-hydrogen) atoms. The van der Waals surface area contributed by atoms with Gasteiger partial charge in [0.15, 0.2) is 11.5 Å². The third kappa shape index (κ3) is 13.4. The van der Waals surface area contributed by atoms with Gasteiger partial charge in [0, 0.05) is 36.9 Å². The van der Waals surface area contributed by atoms with Crippen molar-refractivity contribution < 1.29 is 53.3 Å². The maximum absolute atomic E-state index is 13.7. The molecule has 0 saturated heterocycles. The number of hydrogen-bond donors (Lipinski definition) is 3. The summed E-state index contributed by atoms with van der Waals surface area (Å²) in [7, 11) is 3.81. The molecule has 1 unspecified atom stereocenters. The second kappa shape index (κ2) is 24.1. The Hall–Kier alpha value is -4.16. The first-order valence-electron chi connectivity index (χ1n) is 18.9. The monoisotopic (exact) mass is 848 g/mol. The lowest BCUT2D eigenvalue weighted by Gasteiger charge is -2.16. The molecule has 0 radical (unpaired) electrons. The number of allylic oxidation sites excluding steroid dienone is 2. The number of ketones is 2. The highest BCUT2D eigenvalue weighted by Crippen LogP contribution is 2.43. The summed E-state index contributed by atoms with van der Waals surface area (Å²) in [5.74, 6) is -2.62. The third-order valence-corrected chi connectivity index (χ3v) is 11.2. The largest absolute Gasteiger partial charge is 0.504 e. The molecule has 21 heteroatoms. The second-order valence-corrected chi connectivity index (χ2v) is 15.1. The zero-order valence-corrected chi connectivity index (χ0v) is 34.4. The van der Waals surface area contributed by atoms with Gasteiger partial charge < -0.3 is 53.5 Å². The van der Waals surface area contributed by atoms with Crippen LogP contribution in [0, 0.1) is 0 Å². The SMILES string of the molecule is CN(CCOCc1cn(CCOCCOCCO)nn1)c1ccc(C2=C(O)C(=O)C(c3ccc(N(C)CCOCc4cn(CCOCCOCCO)nn4)s3)C2=O)s1. The van der Waals surface area contributed by atoms with Crippen molar-refractivity contribution in [2.24, 2.45) is 0 Å². The molecule has 4 heterocycles. The molecule has 1 aliphatic carbocycles. The van der Waals surface area contributed by atoms with Crippen molar-refractivity contribution in [1.29, 1.82) is 0 Å². The van der Waals surface area contributed by atoms with Crippen molar-refractivity contribution in [3.63, 3.8) is 0 Å². The molecule has 0 amide bonds. The van der Waals surface area contributed by atoms with Crippen LogP contribution in [0.25, 0.3) is 5.57 Å². The number of aliphatic hydroxyl groups excluding tert-OH is 3. The van der Waals surface area contributed by atoms with E-state index < -0.39 is 23.2 Å². The number of anilines is 2. The number of ether oxygens (including phenoxy) is 6. The smallest absolute Gasteiger partial charge is 0.213 e. The predicted octanol–water partition coefficient (Wildman–Crippen LogP) is 1.55. The van der Waals surface area contributed by atoms with E-state index in [1.54, 1.807) is 33.9 Å². The quantitative estimate of drug-likeness (QED) is 0.0501. The Morgan fingerprint density at radius 3 is 1.67 bits per heavy atom. The Morgan fingerprint density at radius 1 is 0.638 bits per heavy atom. The molecule has 1 atom stereocenters. The molecule has 318 valence electrons. The van der Waals surface area contributed by atoms with Gasteiger partial charge in [-0.3, -0.25) is 9.59 Å². The van der Waals surface area contributed by atoms with Gasteiger partial charge in [0.05, 0.1) is 134 Å². The minimum absolute atomic E-state index is 0.0115. The van der Waals surface area contributed by atoms with Gasteiger partial charge >= 0.3 is 0 Å². The molecule has 5 rings (SSSR count). The van der Waals surface area contributed by atoms with Gasteiger partial charge in [0.1, 0.15) is 17.3 Å². The number of Topliss-reactive ketones (excluding diaryl/α,β-unsaturated/α-hetero) is 2. The van der Waals surface area contributed by atoms with Crippen LogP contribution in [0.4, 0.5) is 10.0 Å². The van der Waals surface area contributed by atoms with E-state index >= 15 is 0 Å². The molecule has 0 aromatic carbocycles.